The first kappa shape index (κ1) is 14.9. The van der Waals surface area contributed by atoms with Crippen LogP contribution in [0.25, 0.3) is 10.9 Å². The molecule has 1 aromatic heterocycles. The minimum atomic E-state index is -0.838. The van der Waals surface area contributed by atoms with Crippen molar-refractivity contribution >= 4 is 22.5 Å². The lowest BCUT2D eigenvalue weighted by molar-refractivity contribution is -0.118. The number of carbonyl (C=O) groups is 1. The maximum absolute atomic E-state index is 13.4. The second kappa shape index (κ2) is 6.39. The maximum atomic E-state index is 13.4. The summed E-state index contributed by atoms with van der Waals surface area (Å²) in [6.45, 7) is -0.362. The van der Waals surface area contributed by atoms with E-state index in [0.29, 0.717) is 5.75 Å². The Labute approximate surface area is 130 Å². The lowest BCUT2D eigenvalue weighted by Gasteiger charge is -2.09. The fraction of sp³-hybridized carbons (Fsp3) is 0.0588. The van der Waals surface area contributed by atoms with Gasteiger partial charge in [-0.15, -0.1) is 0 Å². The number of para-hydroxylation sites is 1. The number of amides is 1. The highest BCUT2D eigenvalue weighted by molar-refractivity contribution is 5.92. The molecule has 0 radical (unpaired) electrons. The number of halogens is 2. The monoisotopic (exact) mass is 314 g/mol. The fourth-order valence-corrected chi connectivity index (χ4v) is 2.09. The average molecular weight is 314 g/mol. The number of ether oxygens (including phenoxy) is 1. The molecule has 0 aliphatic rings. The number of hydrogen-bond acceptors (Lipinski definition) is 3. The third kappa shape index (κ3) is 3.42. The van der Waals surface area contributed by atoms with E-state index in [4.69, 9.17) is 4.74 Å². The van der Waals surface area contributed by atoms with Crippen molar-refractivity contribution in [2.45, 2.75) is 0 Å². The number of benzene rings is 2. The number of carbonyl (C=O) groups excluding carboxylic acids is 1. The zero-order chi connectivity index (χ0) is 16.2. The van der Waals surface area contributed by atoms with Crippen LogP contribution in [0.15, 0.2) is 54.7 Å². The molecule has 1 heterocycles. The average Bonchev–Trinajstić information content (AvgIpc) is 2.56. The van der Waals surface area contributed by atoms with Gasteiger partial charge < -0.3 is 10.1 Å². The van der Waals surface area contributed by atoms with Crippen molar-refractivity contribution in [1.29, 1.82) is 0 Å². The first-order chi connectivity index (χ1) is 11.1. The predicted molar refractivity (Wildman–Crippen MR) is 82.2 cm³/mol. The summed E-state index contributed by atoms with van der Waals surface area (Å²) in [7, 11) is 0. The van der Waals surface area contributed by atoms with Crippen LogP contribution in [0.2, 0.25) is 0 Å². The van der Waals surface area contributed by atoms with Crippen LogP contribution in [0.3, 0.4) is 0 Å². The van der Waals surface area contributed by atoms with E-state index in [1.807, 2.05) is 6.07 Å². The van der Waals surface area contributed by atoms with E-state index in [1.165, 1.54) is 6.07 Å². The molecular weight excluding hydrogens is 302 g/mol. The zero-order valence-electron chi connectivity index (χ0n) is 11.9. The Bertz CT molecular complexity index is 848. The second-order valence-corrected chi connectivity index (χ2v) is 4.79. The number of hydrogen-bond donors (Lipinski definition) is 1. The summed E-state index contributed by atoms with van der Waals surface area (Å²) in [6, 6.07) is 12.2. The summed E-state index contributed by atoms with van der Waals surface area (Å²) in [5.41, 5.74) is 0.321. The molecule has 116 valence electrons. The Morgan fingerprint density at radius 2 is 1.87 bits per heavy atom. The van der Waals surface area contributed by atoms with Gasteiger partial charge in [-0.1, -0.05) is 12.1 Å². The van der Waals surface area contributed by atoms with E-state index in [2.05, 4.69) is 10.3 Å². The van der Waals surface area contributed by atoms with E-state index in [0.717, 1.165) is 23.0 Å². The Balaban J connectivity index is 1.66. The molecule has 0 aliphatic carbocycles. The summed E-state index contributed by atoms with van der Waals surface area (Å²) < 4.78 is 32.2. The van der Waals surface area contributed by atoms with Crippen LogP contribution in [0, 0.1) is 11.6 Å². The number of nitrogens with one attached hydrogen (secondary N) is 1. The summed E-state index contributed by atoms with van der Waals surface area (Å²) in [5.74, 6) is -1.86. The number of pyridine rings is 1. The Kier molecular flexibility index (Phi) is 4.14. The van der Waals surface area contributed by atoms with Crippen molar-refractivity contribution in [1.82, 2.24) is 4.98 Å². The van der Waals surface area contributed by atoms with Crippen LogP contribution < -0.4 is 10.1 Å². The van der Waals surface area contributed by atoms with E-state index in [-0.39, 0.29) is 6.61 Å². The first-order valence-electron chi connectivity index (χ1n) is 6.85. The van der Waals surface area contributed by atoms with Crippen molar-refractivity contribution in [2.75, 3.05) is 11.9 Å². The van der Waals surface area contributed by atoms with Crippen molar-refractivity contribution in [2.24, 2.45) is 0 Å². The van der Waals surface area contributed by atoms with E-state index in [1.54, 1.807) is 30.5 Å². The van der Waals surface area contributed by atoms with Gasteiger partial charge >= 0.3 is 0 Å². The molecule has 0 atom stereocenters. The van der Waals surface area contributed by atoms with Gasteiger partial charge in [0, 0.05) is 11.6 Å². The van der Waals surface area contributed by atoms with E-state index in [9.17, 15) is 13.6 Å². The zero-order valence-corrected chi connectivity index (χ0v) is 11.9. The van der Waals surface area contributed by atoms with Crippen molar-refractivity contribution in [3.05, 3.63) is 66.4 Å². The predicted octanol–water partition coefficient (Wildman–Crippen LogP) is 3.53. The first-order valence-corrected chi connectivity index (χ1v) is 6.85. The molecule has 0 saturated carbocycles. The molecule has 0 fully saturated rings. The molecule has 4 nitrogen and oxygen atoms in total. The Morgan fingerprint density at radius 1 is 1.09 bits per heavy atom. The highest BCUT2D eigenvalue weighted by Gasteiger charge is 2.12. The third-order valence-electron chi connectivity index (χ3n) is 3.17. The van der Waals surface area contributed by atoms with Crippen LogP contribution >= 0.6 is 0 Å². The number of aromatic nitrogens is 1. The van der Waals surface area contributed by atoms with Crippen LogP contribution in [0.5, 0.6) is 5.75 Å². The molecule has 2 aromatic carbocycles. The highest BCUT2D eigenvalue weighted by Crippen LogP contribution is 2.20. The minimum Gasteiger partial charge on any atom is -0.484 e. The Morgan fingerprint density at radius 3 is 2.65 bits per heavy atom. The number of anilines is 1. The molecular formula is C17H12F2N2O2. The standard InChI is InChI=1S/C17H12F2N2O2/c18-13-4-1-5-14(19)17(13)21-16(22)10-23-12-6-7-15-11(9-12)3-2-8-20-15/h1-9H,10H2,(H,21,22). The Hall–Kier alpha value is -3.02. The summed E-state index contributed by atoms with van der Waals surface area (Å²) >= 11 is 0. The van der Waals surface area contributed by atoms with Crippen molar-refractivity contribution < 1.29 is 18.3 Å². The number of rotatable bonds is 4. The number of fused-ring (bicyclic) bond motifs is 1. The largest absolute Gasteiger partial charge is 0.484 e. The molecule has 6 heteroatoms. The van der Waals surface area contributed by atoms with Crippen LogP contribution in [0.4, 0.5) is 14.5 Å². The summed E-state index contributed by atoms with van der Waals surface area (Å²) in [6.07, 6.45) is 1.68. The molecule has 1 N–H and O–H groups in total. The smallest absolute Gasteiger partial charge is 0.262 e. The molecule has 0 unspecified atom stereocenters. The molecule has 0 aliphatic heterocycles. The molecule has 0 spiro atoms. The van der Waals surface area contributed by atoms with Gasteiger partial charge in [0.05, 0.1) is 5.52 Å². The summed E-state index contributed by atoms with van der Waals surface area (Å²) in [4.78, 5) is 15.9. The number of nitrogens with zero attached hydrogens (tertiary/aromatic N) is 1. The molecule has 23 heavy (non-hydrogen) atoms. The van der Waals surface area contributed by atoms with Gasteiger partial charge in [0.1, 0.15) is 23.1 Å². The van der Waals surface area contributed by atoms with Gasteiger partial charge in [-0.05, 0) is 36.4 Å². The maximum Gasteiger partial charge on any atom is 0.262 e. The molecule has 3 aromatic rings. The van der Waals surface area contributed by atoms with Crippen molar-refractivity contribution in [3.63, 3.8) is 0 Å². The van der Waals surface area contributed by atoms with E-state index >= 15 is 0 Å². The highest BCUT2D eigenvalue weighted by atomic mass is 19.1. The lowest BCUT2D eigenvalue weighted by atomic mass is 10.2. The van der Waals surface area contributed by atoms with Gasteiger partial charge in [0.25, 0.3) is 5.91 Å². The van der Waals surface area contributed by atoms with Crippen molar-refractivity contribution in [3.8, 4) is 5.75 Å². The van der Waals surface area contributed by atoms with E-state index < -0.39 is 23.2 Å². The minimum absolute atomic E-state index is 0.362. The van der Waals surface area contributed by atoms with Gasteiger partial charge in [0.15, 0.2) is 6.61 Å². The molecule has 3 rings (SSSR count). The van der Waals surface area contributed by atoms with Crippen LogP contribution in [0.1, 0.15) is 0 Å². The normalized spacial score (nSPS) is 10.5. The third-order valence-corrected chi connectivity index (χ3v) is 3.17. The van der Waals surface area contributed by atoms with Crippen LogP contribution in [-0.2, 0) is 4.79 Å². The van der Waals surface area contributed by atoms with Gasteiger partial charge in [-0.2, -0.15) is 0 Å². The van der Waals surface area contributed by atoms with Gasteiger partial charge in [-0.3, -0.25) is 9.78 Å². The SMILES string of the molecule is O=C(COc1ccc2ncccc2c1)Nc1c(F)cccc1F. The molecule has 1 amide bonds. The topological polar surface area (TPSA) is 51.2 Å². The molecule has 0 bridgehead atoms. The lowest BCUT2D eigenvalue weighted by Crippen LogP contribution is -2.21. The van der Waals surface area contributed by atoms with Gasteiger partial charge in [0.2, 0.25) is 0 Å². The fourth-order valence-electron chi connectivity index (χ4n) is 2.09. The summed E-state index contributed by atoms with van der Waals surface area (Å²) in [5, 5.41) is 3.03. The quantitative estimate of drug-likeness (QED) is 0.801. The molecule has 0 saturated heterocycles. The van der Waals surface area contributed by atoms with Crippen LogP contribution in [-0.4, -0.2) is 17.5 Å². The second-order valence-electron chi connectivity index (χ2n) is 4.79. The van der Waals surface area contributed by atoms with Gasteiger partial charge in [-0.25, -0.2) is 8.78 Å².